The molecular formula is C23H23ClN5+. The average Bonchev–Trinajstić information content (AvgIpc) is 2.92. The van der Waals surface area contributed by atoms with Gasteiger partial charge >= 0.3 is 0 Å². The molecule has 0 unspecified atom stereocenters. The number of aromatic nitrogens is 1. The average molecular weight is 405 g/mol. The van der Waals surface area contributed by atoms with Crippen LogP contribution >= 0.6 is 11.6 Å². The van der Waals surface area contributed by atoms with Crippen molar-refractivity contribution >= 4 is 34.5 Å². The highest BCUT2D eigenvalue weighted by Crippen LogP contribution is 2.33. The van der Waals surface area contributed by atoms with Gasteiger partial charge in [0.25, 0.3) is 5.84 Å². The zero-order valence-electron chi connectivity index (χ0n) is 16.1. The molecule has 146 valence electrons. The predicted molar refractivity (Wildman–Crippen MR) is 118 cm³/mol. The fraction of sp³-hybridized carbons (Fsp3) is 0.217. The zero-order valence-corrected chi connectivity index (χ0v) is 16.9. The number of piperazine rings is 1. The van der Waals surface area contributed by atoms with Crippen LogP contribution in [0.4, 0.5) is 17.1 Å². The molecule has 1 aromatic heterocycles. The molecule has 0 spiro atoms. The van der Waals surface area contributed by atoms with E-state index in [2.05, 4.69) is 61.5 Å². The van der Waals surface area contributed by atoms with Crippen LogP contribution < -0.4 is 10.6 Å². The monoisotopic (exact) mass is 404 g/mol. The second kappa shape index (κ2) is 7.85. The largest absolute Gasteiger partial charge is 0.351 e. The van der Waals surface area contributed by atoms with E-state index in [9.17, 15) is 0 Å². The van der Waals surface area contributed by atoms with Crippen molar-refractivity contribution < 1.29 is 4.58 Å². The maximum atomic E-state index is 6.27. The van der Waals surface area contributed by atoms with Gasteiger partial charge in [-0.15, -0.1) is 0 Å². The van der Waals surface area contributed by atoms with E-state index in [0.717, 1.165) is 60.6 Å². The van der Waals surface area contributed by atoms with Gasteiger partial charge in [0.2, 0.25) is 0 Å². The quantitative estimate of drug-likeness (QED) is 0.629. The molecule has 29 heavy (non-hydrogen) atoms. The van der Waals surface area contributed by atoms with Gasteiger partial charge in [0.15, 0.2) is 0 Å². The van der Waals surface area contributed by atoms with Crippen LogP contribution in [-0.2, 0) is 6.54 Å². The summed E-state index contributed by atoms with van der Waals surface area (Å²) in [7, 11) is 0. The summed E-state index contributed by atoms with van der Waals surface area (Å²) in [5.41, 5.74) is 5.64. The normalized spacial score (nSPS) is 16.3. The molecule has 2 aliphatic heterocycles. The van der Waals surface area contributed by atoms with E-state index in [-0.39, 0.29) is 0 Å². The van der Waals surface area contributed by atoms with Gasteiger partial charge in [-0.2, -0.15) is 0 Å². The third-order valence-corrected chi connectivity index (χ3v) is 5.77. The number of hydrogen-bond acceptors (Lipinski definition) is 3. The molecule has 3 aromatic rings. The van der Waals surface area contributed by atoms with Crippen LogP contribution in [0.2, 0.25) is 5.02 Å². The van der Waals surface area contributed by atoms with Crippen LogP contribution in [0.1, 0.15) is 11.1 Å². The maximum absolute atomic E-state index is 6.27. The molecule has 2 N–H and O–H groups in total. The SMILES string of the molecule is Clc1ccc2c(c1)NC(=[N+]1CCN(Cc3ccncc3)CC1)c1ccccc1N2. The first kappa shape index (κ1) is 18.2. The summed E-state index contributed by atoms with van der Waals surface area (Å²) in [6.45, 7) is 4.95. The van der Waals surface area contributed by atoms with Crippen LogP contribution in [0.3, 0.4) is 0 Å². The van der Waals surface area contributed by atoms with Crippen molar-refractivity contribution in [3.63, 3.8) is 0 Å². The number of nitrogens with one attached hydrogen (secondary N) is 2. The van der Waals surface area contributed by atoms with E-state index in [4.69, 9.17) is 11.6 Å². The molecule has 0 bridgehead atoms. The predicted octanol–water partition coefficient (Wildman–Crippen LogP) is 4.18. The number of hydrogen-bond donors (Lipinski definition) is 2. The number of halogens is 1. The fourth-order valence-corrected chi connectivity index (χ4v) is 4.16. The molecule has 2 aliphatic rings. The van der Waals surface area contributed by atoms with E-state index in [0.29, 0.717) is 0 Å². The Morgan fingerprint density at radius 2 is 1.69 bits per heavy atom. The van der Waals surface area contributed by atoms with Crippen LogP contribution in [-0.4, -0.2) is 46.5 Å². The van der Waals surface area contributed by atoms with E-state index >= 15 is 0 Å². The molecule has 0 aliphatic carbocycles. The van der Waals surface area contributed by atoms with Gasteiger partial charge in [0.1, 0.15) is 5.69 Å². The Morgan fingerprint density at radius 1 is 0.897 bits per heavy atom. The molecule has 5 nitrogen and oxygen atoms in total. The third kappa shape index (κ3) is 3.84. The van der Waals surface area contributed by atoms with Gasteiger partial charge in [-0.25, -0.2) is 5.32 Å². The van der Waals surface area contributed by atoms with Crippen molar-refractivity contribution in [3.8, 4) is 0 Å². The van der Waals surface area contributed by atoms with Crippen LogP contribution in [0.25, 0.3) is 0 Å². The van der Waals surface area contributed by atoms with Gasteiger partial charge in [0.05, 0.1) is 30.0 Å². The van der Waals surface area contributed by atoms with E-state index < -0.39 is 0 Å². The highest BCUT2D eigenvalue weighted by atomic mass is 35.5. The lowest BCUT2D eigenvalue weighted by Crippen LogP contribution is -2.45. The Labute approximate surface area is 175 Å². The first-order valence-electron chi connectivity index (χ1n) is 9.92. The highest BCUT2D eigenvalue weighted by molar-refractivity contribution is 6.31. The maximum Gasteiger partial charge on any atom is 0.284 e. The number of para-hydroxylation sites is 1. The van der Waals surface area contributed by atoms with Crippen molar-refractivity contribution in [1.82, 2.24) is 9.88 Å². The van der Waals surface area contributed by atoms with Crippen molar-refractivity contribution in [3.05, 3.63) is 83.1 Å². The molecular weight excluding hydrogens is 382 g/mol. The van der Waals surface area contributed by atoms with Gasteiger partial charge < -0.3 is 5.32 Å². The summed E-state index contributed by atoms with van der Waals surface area (Å²) in [6.07, 6.45) is 3.73. The number of amidine groups is 1. The lowest BCUT2D eigenvalue weighted by atomic mass is 10.1. The second-order valence-electron chi connectivity index (χ2n) is 7.45. The summed E-state index contributed by atoms with van der Waals surface area (Å²) in [6, 6.07) is 18.6. The van der Waals surface area contributed by atoms with Crippen molar-refractivity contribution in [2.75, 3.05) is 36.8 Å². The zero-order chi connectivity index (χ0) is 19.6. The number of nitrogens with zero attached hydrogens (tertiary/aromatic N) is 3. The Balaban J connectivity index is 1.44. The van der Waals surface area contributed by atoms with E-state index in [1.165, 1.54) is 11.1 Å². The van der Waals surface area contributed by atoms with Crippen molar-refractivity contribution in [2.24, 2.45) is 0 Å². The van der Waals surface area contributed by atoms with Crippen LogP contribution in [0.15, 0.2) is 67.0 Å². The summed E-state index contributed by atoms with van der Waals surface area (Å²) in [4.78, 5) is 6.61. The Bertz CT molecular complexity index is 1050. The minimum absolute atomic E-state index is 0.727. The van der Waals surface area contributed by atoms with Crippen LogP contribution in [0.5, 0.6) is 0 Å². The molecule has 6 heteroatoms. The minimum atomic E-state index is 0.727. The third-order valence-electron chi connectivity index (χ3n) is 5.53. The van der Waals surface area contributed by atoms with Crippen LogP contribution in [0, 0.1) is 0 Å². The highest BCUT2D eigenvalue weighted by Gasteiger charge is 2.28. The Morgan fingerprint density at radius 3 is 2.52 bits per heavy atom. The van der Waals surface area contributed by atoms with Gasteiger partial charge in [-0.05, 0) is 42.0 Å². The number of benzene rings is 2. The first-order chi connectivity index (χ1) is 14.3. The lowest BCUT2D eigenvalue weighted by molar-refractivity contribution is -0.539. The van der Waals surface area contributed by atoms with Gasteiger partial charge in [-0.3, -0.25) is 14.5 Å². The first-order valence-corrected chi connectivity index (χ1v) is 10.3. The smallest absolute Gasteiger partial charge is 0.284 e. The topological polar surface area (TPSA) is 43.2 Å². The van der Waals surface area contributed by atoms with Gasteiger partial charge in [-0.1, -0.05) is 23.7 Å². The van der Waals surface area contributed by atoms with E-state index in [1.54, 1.807) is 0 Å². The molecule has 0 saturated carbocycles. The molecule has 0 amide bonds. The standard InChI is InChI=1S/C23H22ClN5/c24-18-5-6-21-22(15-18)27-23(19-3-1-2-4-20(19)26-21)29-13-11-28(12-14-29)16-17-7-9-25-10-8-17/h1-10,15H,11-14,16H2,(H,26,27)/p+1. The lowest BCUT2D eigenvalue weighted by Gasteiger charge is -2.28. The minimum Gasteiger partial charge on any atom is -0.351 e. The molecule has 1 fully saturated rings. The molecule has 3 heterocycles. The molecule has 5 rings (SSSR count). The summed E-state index contributed by atoms with van der Waals surface area (Å²) >= 11 is 6.27. The number of fused-ring (bicyclic) bond motifs is 2. The van der Waals surface area contributed by atoms with E-state index in [1.807, 2.05) is 30.6 Å². The van der Waals surface area contributed by atoms with Gasteiger partial charge in [0, 0.05) is 43.1 Å². The number of rotatable bonds is 2. The molecule has 1 saturated heterocycles. The number of pyridine rings is 1. The Kier molecular flexibility index (Phi) is 4.92. The number of anilines is 3. The Hall–Kier alpha value is -2.89. The molecule has 0 radical (unpaired) electrons. The van der Waals surface area contributed by atoms with Crippen molar-refractivity contribution in [1.29, 1.82) is 0 Å². The van der Waals surface area contributed by atoms with Crippen molar-refractivity contribution in [2.45, 2.75) is 6.54 Å². The summed E-state index contributed by atoms with van der Waals surface area (Å²) in [5.74, 6) is 1.14. The summed E-state index contributed by atoms with van der Waals surface area (Å²) < 4.78 is 2.44. The fourth-order valence-electron chi connectivity index (χ4n) is 3.99. The summed E-state index contributed by atoms with van der Waals surface area (Å²) in [5, 5.41) is 7.94. The molecule has 2 aromatic carbocycles. The second-order valence-corrected chi connectivity index (χ2v) is 7.89. The molecule has 0 atom stereocenters.